The molecule has 0 aromatic heterocycles. The molecule has 4 amide bonds. The Morgan fingerprint density at radius 3 is 2.33 bits per heavy atom. The van der Waals surface area contributed by atoms with Gasteiger partial charge in [0, 0.05) is 10.6 Å². The van der Waals surface area contributed by atoms with Crippen LogP contribution in [0.1, 0.15) is 5.56 Å². The molecule has 0 unspecified atom stereocenters. The molecule has 2 aromatic rings. The summed E-state index contributed by atoms with van der Waals surface area (Å²) in [6.07, 6.45) is 1.36. The lowest BCUT2D eigenvalue weighted by molar-refractivity contribution is -0.122. The van der Waals surface area contributed by atoms with Crippen LogP contribution in [0.25, 0.3) is 6.08 Å². The molecule has 1 heterocycles. The minimum Gasteiger partial charge on any atom is -0.497 e. The maximum Gasteiger partial charge on any atom is 0.335 e. The Morgan fingerprint density at radius 2 is 1.70 bits per heavy atom. The van der Waals surface area contributed by atoms with Crippen molar-refractivity contribution in [3.8, 4) is 11.5 Å². The molecule has 0 bridgehead atoms. The van der Waals surface area contributed by atoms with Crippen LogP contribution >= 0.6 is 11.6 Å². The SMILES string of the molecule is COc1ccc(OC)c(/C=C2\C(=O)NC(=O)N(c3ccc(Cl)cc3)C2=O)c1. The first-order valence-electron chi connectivity index (χ1n) is 7.83. The van der Waals surface area contributed by atoms with E-state index in [0.717, 1.165) is 4.90 Å². The van der Waals surface area contributed by atoms with E-state index in [1.165, 1.54) is 32.4 Å². The van der Waals surface area contributed by atoms with Gasteiger partial charge in [-0.15, -0.1) is 0 Å². The normalized spacial score (nSPS) is 15.7. The van der Waals surface area contributed by atoms with Gasteiger partial charge in [-0.25, -0.2) is 9.69 Å². The maximum atomic E-state index is 12.9. The predicted molar refractivity (Wildman–Crippen MR) is 100.0 cm³/mol. The zero-order valence-corrected chi connectivity index (χ0v) is 15.2. The van der Waals surface area contributed by atoms with Crippen LogP contribution in [0, 0.1) is 0 Å². The van der Waals surface area contributed by atoms with E-state index in [-0.39, 0.29) is 11.3 Å². The van der Waals surface area contributed by atoms with E-state index in [2.05, 4.69) is 5.32 Å². The number of methoxy groups -OCH3 is 2. The number of urea groups is 1. The monoisotopic (exact) mass is 386 g/mol. The van der Waals surface area contributed by atoms with Crippen molar-refractivity contribution in [1.82, 2.24) is 5.32 Å². The molecule has 0 radical (unpaired) electrons. The number of imide groups is 2. The lowest BCUT2D eigenvalue weighted by Crippen LogP contribution is -2.54. The third-order valence-electron chi connectivity index (χ3n) is 3.92. The highest BCUT2D eigenvalue weighted by Gasteiger charge is 2.37. The molecular weight excluding hydrogens is 372 g/mol. The average molecular weight is 387 g/mol. The highest BCUT2D eigenvalue weighted by Crippen LogP contribution is 2.28. The second-order valence-electron chi connectivity index (χ2n) is 5.54. The molecule has 0 atom stereocenters. The molecule has 1 saturated heterocycles. The molecule has 138 valence electrons. The second kappa shape index (κ2) is 7.51. The van der Waals surface area contributed by atoms with Crippen molar-refractivity contribution in [3.05, 3.63) is 58.6 Å². The molecule has 1 fully saturated rings. The summed E-state index contributed by atoms with van der Waals surface area (Å²) in [5, 5.41) is 2.62. The van der Waals surface area contributed by atoms with E-state index < -0.39 is 17.8 Å². The summed E-state index contributed by atoms with van der Waals surface area (Å²) < 4.78 is 10.4. The number of ether oxygens (including phenoxy) is 2. The number of benzene rings is 2. The third-order valence-corrected chi connectivity index (χ3v) is 4.18. The van der Waals surface area contributed by atoms with Gasteiger partial charge in [0.05, 0.1) is 19.9 Å². The number of barbiturate groups is 1. The van der Waals surface area contributed by atoms with Crippen molar-refractivity contribution in [2.45, 2.75) is 0 Å². The van der Waals surface area contributed by atoms with Crippen LogP contribution < -0.4 is 19.7 Å². The van der Waals surface area contributed by atoms with Crippen LogP contribution in [0.4, 0.5) is 10.5 Å². The Hall–Kier alpha value is -3.32. The minimum atomic E-state index is -0.831. The Labute approximate surface area is 160 Å². The number of carbonyl (C=O) groups excluding carboxylic acids is 3. The Bertz CT molecular complexity index is 953. The number of rotatable bonds is 4. The molecular formula is C19H15ClN2O5. The summed E-state index contributed by atoms with van der Waals surface area (Å²) in [5.41, 5.74) is 0.537. The number of nitrogens with zero attached hydrogens (tertiary/aromatic N) is 1. The number of hydrogen-bond acceptors (Lipinski definition) is 5. The van der Waals surface area contributed by atoms with E-state index in [9.17, 15) is 14.4 Å². The number of amides is 4. The molecule has 3 rings (SSSR count). The zero-order chi connectivity index (χ0) is 19.6. The largest absolute Gasteiger partial charge is 0.497 e. The molecule has 0 spiro atoms. The average Bonchev–Trinajstić information content (AvgIpc) is 2.66. The van der Waals surface area contributed by atoms with E-state index in [1.807, 2.05) is 0 Å². The summed E-state index contributed by atoms with van der Waals surface area (Å²) in [7, 11) is 2.97. The Morgan fingerprint density at radius 1 is 1.00 bits per heavy atom. The topological polar surface area (TPSA) is 84.9 Å². The Kier molecular flexibility index (Phi) is 5.14. The first kappa shape index (κ1) is 18.5. The fourth-order valence-corrected chi connectivity index (χ4v) is 2.72. The summed E-state index contributed by atoms with van der Waals surface area (Å²) >= 11 is 5.85. The summed E-state index contributed by atoms with van der Waals surface area (Å²) in [5.74, 6) is -0.577. The summed E-state index contributed by atoms with van der Waals surface area (Å²) in [6.45, 7) is 0. The Balaban J connectivity index is 2.05. The van der Waals surface area contributed by atoms with Gasteiger partial charge in [0.1, 0.15) is 17.1 Å². The highest BCUT2D eigenvalue weighted by molar-refractivity contribution is 6.39. The predicted octanol–water partition coefficient (Wildman–Crippen LogP) is 3.02. The number of carbonyl (C=O) groups is 3. The number of halogens is 1. The van der Waals surface area contributed by atoms with Gasteiger partial charge in [-0.1, -0.05) is 11.6 Å². The molecule has 1 N–H and O–H groups in total. The summed E-state index contributed by atoms with van der Waals surface area (Å²) in [4.78, 5) is 38.2. The number of hydrogen-bond donors (Lipinski definition) is 1. The molecule has 2 aromatic carbocycles. The van der Waals surface area contributed by atoms with Gasteiger partial charge in [-0.3, -0.25) is 14.9 Å². The summed E-state index contributed by atoms with van der Waals surface area (Å²) in [6, 6.07) is 10.2. The van der Waals surface area contributed by atoms with Gasteiger partial charge in [-0.2, -0.15) is 0 Å². The second-order valence-corrected chi connectivity index (χ2v) is 5.98. The smallest absolute Gasteiger partial charge is 0.335 e. The van der Waals surface area contributed by atoms with Crippen LogP contribution in [-0.4, -0.2) is 32.1 Å². The lowest BCUT2D eigenvalue weighted by Gasteiger charge is -2.26. The van der Waals surface area contributed by atoms with E-state index in [0.29, 0.717) is 22.1 Å². The molecule has 0 aliphatic carbocycles. The zero-order valence-electron chi connectivity index (χ0n) is 14.5. The van der Waals surface area contributed by atoms with E-state index >= 15 is 0 Å². The molecule has 8 heteroatoms. The van der Waals surface area contributed by atoms with Crippen molar-refractivity contribution >= 4 is 41.2 Å². The van der Waals surface area contributed by atoms with Crippen LogP contribution in [0.15, 0.2) is 48.0 Å². The van der Waals surface area contributed by atoms with Gasteiger partial charge in [-0.05, 0) is 48.5 Å². The van der Waals surface area contributed by atoms with Crippen molar-refractivity contribution in [2.75, 3.05) is 19.1 Å². The van der Waals surface area contributed by atoms with Crippen molar-refractivity contribution < 1.29 is 23.9 Å². The van der Waals surface area contributed by atoms with E-state index in [1.54, 1.807) is 30.3 Å². The standard InChI is InChI=1S/C19H15ClN2O5/c1-26-14-7-8-16(27-2)11(9-14)10-15-17(23)21-19(25)22(18(15)24)13-5-3-12(20)4-6-13/h3-10H,1-2H3,(H,21,23,25)/b15-10+. The molecule has 0 saturated carbocycles. The number of anilines is 1. The van der Waals surface area contributed by atoms with Gasteiger partial charge in [0.15, 0.2) is 0 Å². The fraction of sp³-hybridized carbons (Fsp3) is 0.105. The van der Waals surface area contributed by atoms with Crippen LogP contribution in [0.3, 0.4) is 0 Å². The van der Waals surface area contributed by atoms with E-state index in [4.69, 9.17) is 21.1 Å². The van der Waals surface area contributed by atoms with Crippen molar-refractivity contribution in [1.29, 1.82) is 0 Å². The molecule has 1 aliphatic heterocycles. The minimum absolute atomic E-state index is 0.212. The third kappa shape index (κ3) is 3.63. The first-order valence-corrected chi connectivity index (χ1v) is 8.21. The van der Waals surface area contributed by atoms with Crippen LogP contribution in [0.2, 0.25) is 5.02 Å². The van der Waals surface area contributed by atoms with Crippen molar-refractivity contribution in [3.63, 3.8) is 0 Å². The van der Waals surface area contributed by atoms with Gasteiger partial charge >= 0.3 is 6.03 Å². The molecule has 7 nitrogen and oxygen atoms in total. The first-order chi connectivity index (χ1) is 12.9. The van der Waals surface area contributed by atoms with Gasteiger partial charge in [0.25, 0.3) is 11.8 Å². The van der Waals surface area contributed by atoms with Crippen LogP contribution in [-0.2, 0) is 9.59 Å². The molecule has 1 aliphatic rings. The molecule has 27 heavy (non-hydrogen) atoms. The highest BCUT2D eigenvalue weighted by atomic mass is 35.5. The lowest BCUT2D eigenvalue weighted by atomic mass is 10.1. The maximum absolute atomic E-state index is 12.9. The fourth-order valence-electron chi connectivity index (χ4n) is 2.59. The quantitative estimate of drug-likeness (QED) is 0.645. The van der Waals surface area contributed by atoms with Gasteiger partial charge < -0.3 is 9.47 Å². The van der Waals surface area contributed by atoms with Crippen LogP contribution in [0.5, 0.6) is 11.5 Å². The number of nitrogens with one attached hydrogen (secondary N) is 1. The van der Waals surface area contributed by atoms with Crippen molar-refractivity contribution in [2.24, 2.45) is 0 Å². The van der Waals surface area contributed by atoms with Gasteiger partial charge in [0.2, 0.25) is 0 Å².